The molecule has 0 aliphatic rings. The molecule has 0 aromatic rings. The van der Waals surface area contributed by atoms with Crippen LogP contribution in [0.25, 0.3) is 0 Å². The summed E-state index contributed by atoms with van der Waals surface area (Å²) < 4.78 is 0. The summed E-state index contributed by atoms with van der Waals surface area (Å²) in [5, 5.41) is 18.5. The van der Waals surface area contributed by atoms with Crippen LogP contribution in [0.15, 0.2) is 0 Å². The second-order valence-electron chi connectivity index (χ2n) is 6.24. The van der Waals surface area contributed by atoms with E-state index < -0.39 is 17.4 Å². The van der Waals surface area contributed by atoms with Crippen molar-refractivity contribution in [3.05, 3.63) is 0 Å². The Morgan fingerprint density at radius 1 is 1.06 bits per heavy atom. The minimum atomic E-state index is -0.961. The maximum absolute atomic E-state index is 11.6. The van der Waals surface area contributed by atoms with E-state index >= 15 is 0 Å². The van der Waals surface area contributed by atoms with Crippen LogP contribution in [0.2, 0.25) is 0 Å². The normalized spacial score (nSPS) is 16.6. The summed E-state index contributed by atoms with van der Waals surface area (Å²) >= 11 is 0. The van der Waals surface area contributed by atoms with Crippen molar-refractivity contribution in [1.29, 1.82) is 0 Å². The fourth-order valence-electron chi connectivity index (χ4n) is 2.63. The molecular formula is C14H26O4. The van der Waals surface area contributed by atoms with Gasteiger partial charge in [0.1, 0.15) is 0 Å². The summed E-state index contributed by atoms with van der Waals surface area (Å²) in [5.74, 6) is -1.61. The van der Waals surface area contributed by atoms with Crippen LogP contribution < -0.4 is 0 Å². The van der Waals surface area contributed by atoms with E-state index in [1.807, 2.05) is 27.7 Å². The molecule has 0 aliphatic heterocycles. The van der Waals surface area contributed by atoms with Gasteiger partial charge in [0.05, 0.1) is 5.41 Å². The summed E-state index contributed by atoms with van der Waals surface area (Å²) in [6.07, 6.45) is 1.06. The van der Waals surface area contributed by atoms with E-state index in [0.29, 0.717) is 18.8 Å². The molecule has 2 atom stereocenters. The first-order chi connectivity index (χ1) is 8.09. The molecule has 0 amide bonds. The van der Waals surface area contributed by atoms with E-state index in [1.54, 1.807) is 6.92 Å². The molecule has 2 unspecified atom stereocenters. The summed E-state index contributed by atoms with van der Waals surface area (Å²) in [7, 11) is 0. The van der Waals surface area contributed by atoms with Crippen molar-refractivity contribution in [2.45, 2.75) is 53.9 Å². The Morgan fingerprint density at radius 3 is 1.83 bits per heavy atom. The molecule has 4 nitrogen and oxygen atoms in total. The molecule has 2 N–H and O–H groups in total. The van der Waals surface area contributed by atoms with Gasteiger partial charge < -0.3 is 10.2 Å². The number of carboxylic acids is 2. The number of hydrogen-bond donors (Lipinski definition) is 2. The molecule has 18 heavy (non-hydrogen) atoms. The summed E-state index contributed by atoms with van der Waals surface area (Å²) in [6, 6.07) is 0. The van der Waals surface area contributed by atoms with Crippen molar-refractivity contribution in [3.8, 4) is 0 Å². The topological polar surface area (TPSA) is 74.6 Å². The van der Waals surface area contributed by atoms with Crippen LogP contribution in [0, 0.1) is 23.2 Å². The fraction of sp³-hybridized carbons (Fsp3) is 0.857. The number of carbonyl (C=O) groups is 2. The molecule has 0 heterocycles. The summed E-state index contributed by atoms with van der Waals surface area (Å²) in [5.41, 5.74) is -0.961. The highest BCUT2D eigenvalue weighted by Gasteiger charge is 2.42. The maximum Gasteiger partial charge on any atom is 0.309 e. The molecule has 0 aliphatic carbocycles. The third-order valence-corrected chi connectivity index (χ3v) is 3.40. The maximum atomic E-state index is 11.6. The lowest BCUT2D eigenvalue weighted by Crippen LogP contribution is -2.39. The van der Waals surface area contributed by atoms with Crippen LogP contribution in [-0.2, 0) is 9.59 Å². The SMILES string of the molecule is CC(C)CC(CC(=O)O)C(C)(CC(C)C)C(=O)O. The van der Waals surface area contributed by atoms with Crippen molar-refractivity contribution >= 4 is 11.9 Å². The third-order valence-electron chi connectivity index (χ3n) is 3.40. The fourth-order valence-corrected chi connectivity index (χ4v) is 2.63. The first-order valence-corrected chi connectivity index (χ1v) is 6.54. The minimum absolute atomic E-state index is 0.0757. The van der Waals surface area contributed by atoms with Gasteiger partial charge in [-0.2, -0.15) is 0 Å². The van der Waals surface area contributed by atoms with Crippen LogP contribution in [0.3, 0.4) is 0 Å². The molecule has 0 aromatic heterocycles. The Morgan fingerprint density at radius 2 is 1.56 bits per heavy atom. The van der Waals surface area contributed by atoms with E-state index in [4.69, 9.17) is 5.11 Å². The van der Waals surface area contributed by atoms with Crippen LogP contribution in [0.1, 0.15) is 53.9 Å². The highest BCUT2D eigenvalue weighted by molar-refractivity contribution is 5.76. The van der Waals surface area contributed by atoms with Gasteiger partial charge in [0, 0.05) is 6.42 Å². The van der Waals surface area contributed by atoms with Crippen molar-refractivity contribution in [1.82, 2.24) is 0 Å². The summed E-state index contributed by atoms with van der Waals surface area (Å²) in [4.78, 5) is 22.5. The Balaban J connectivity index is 5.19. The number of aliphatic carboxylic acids is 2. The quantitative estimate of drug-likeness (QED) is 0.700. The van der Waals surface area contributed by atoms with E-state index in [2.05, 4.69) is 0 Å². The summed E-state index contributed by atoms with van der Waals surface area (Å²) in [6.45, 7) is 9.60. The molecule has 4 heteroatoms. The lowest BCUT2D eigenvalue weighted by Gasteiger charge is -2.35. The monoisotopic (exact) mass is 258 g/mol. The predicted molar refractivity (Wildman–Crippen MR) is 70.4 cm³/mol. The van der Waals surface area contributed by atoms with Crippen molar-refractivity contribution < 1.29 is 19.8 Å². The van der Waals surface area contributed by atoms with E-state index in [0.717, 1.165) is 0 Å². The molecular weight excluding hydrogens is 232 g/mol. The first kappa shape index (κ1) is 16.9. The van der Waals surface area contributed by atoms with Gasteiger partial charge in [-0.05, 0) is 37.5 Å². The standard InChI is InChI=1S/C14H26O4/c1-9(2)6-11(7-12(15)16)14(5,13(17)18)8-10(3)4/h9-11H,6-8H2,1-5H3,(H,15,16)(H,17,18). The number of hydrogen-bond acceptors (Lipinski definition) is 2. The average molecular weight is 258 g/mol. The van der Waals surface area contributed by atoms with Gasteiger partial charge in [0.15, 0.2) is 0 Å². The molecule has 0 radical (unpaired) electrons. The molecule has 106 valence electrons. The molecule has 0 fully saturated rings. The lowest BCUT2D eigenvalue weighted by molar-refractivity contribution is -0.155. The molecule has 0 rings (SSSR count). The van der Waals surface area contributed by atoms with Gasteiger partial charge in [-0.25, -0.2) is 0 Å². The number of rotatable bonds is 8. The smallest absolute Gasteiger partial charge is 0.309 e. The van der Waals surface area contributed by atoms with E-state index in [9.17, 15) is 14.7 Å². The van der Waals surface area contributed by atoms with E-state index in [1.165, 1.54) is 0 Å². The zero-order valence-corrected chi connectivity index (χ0v) is 12.1. The zero-order valence-electron chi connectivity index (χ0n) is 12.1. The molecule has 0 saturated heterocycles. The Bertz CT molecular complexity index is 296. The van der Waals surface area contributed by atoms with Crippen molar-refractivity contribution in [3.63, 3.8) is 0 Å². The van der Waals surface area contributed by atoms with Crippen LogP contribution >= 0.6 is 0 Å². The van der Waals surface area contributed by atoms with Crippen LogP contribution in [0.5, 0.6) is 0 Å². The lowest BCUT2D eigenvalue weighted by atomic mass is 9.67. The highest BCUT2D eigenvalue weighted by Crippen LogP contribution is 2.40. The molecule has 0 spiro atoms. The van der Waals surface area contributed by atoms with Gasteiger partial charge in [-0.3, -0.25) is 9.59 Å². The van der Waals surface area contributed by atoms with Gasteiger partial charge in [-0.15, -0.1) is 0 Å². The molecule has 0 aromatic carbocycles. The van der Waals surface area contributed by atoms with Gasteiger partial charge in [-0.1, -0.05) is 27.7 Å². The van der Waals surface area contributed by atoms with Gasteiger partial charge in [0.25, 0.3) is 0 Å². The Kier molecular flexibility index (Phi) is 6.36. The second kappa shape index (κ2) is 6.76. The first-order valence-electron chi connectivity index (χ1n) is 6.54. The second-order valence-corrected chi connectivity index (χ2v) is 6.24. The average Bonchev–Trinajstić information content (AvgIpc) is 2.13. The molecule has 0 saturated carbocycles. The predicted octanol–water partition coefficient (Wildman–Crippen LogP) is 3.26. The van der Waals surface area contributed by atoms with E-state index in [-0.39, 0.29) is 18.3 Å². The van der Waals surface area contributed by atoms with Crippen LogP contribution in [-0.4, -0.2) is 22.2 Å². The molecule has 0 bridgehead atoms. The van der Waals surface area contributed by atoms with Crippen LogP contribution in [0.4, 0.5) is 0 Å². The Hall–Kier alpha value is -1.06. The Labute approximate surface area is 109 Å². The largest absolute Gasteiger partial charge is 0.481 e. The number of carboxylic acid groups (broad SMARTS) is 2. The van der Waals surface area contributed by atoms with Gasteiger partial charge >= 0.3 is 11.9 Å². The van der Waals surface area contributed by atoms with Crippen molar-refractivity contribution in [2.24, 2.45) is 23.2 Å². The highest BCUT2D eigenvalue weighted by atomic mass is 16.4. The van der Waals surface area contributed by atoms with Gasteiger partial charge in [0.2, 0.25) is 0 Å². The van der Waals surface area contributed by atoms with Crippen molar-refractivity contribution in [2.75, 3.05) is 0 Å². The minimum Gasteiger partial charge on any atom is -0.481 e. The third kappa shape index (κ3) is 5.07. The zero-order chi connectivity index (χ0) is 14.5.